The number of hydrogen-bond acceptors (Lipinski definition) is 5. The van der Waals surface area contributed by atoms with E-state index in [4.69, 9.17) is 9.47 Å². The molecule has 0 bridgehead atoms. The third kappa shape index (κ3) is 5.38. The maximum atomic E-state index is 13.0. The highest BCUT2D eigenvalue weighted by molar-refractivity contribution is 7.92. The van der Waals surface area contributed by atoms with Crippen LogP contribution < -0.4 is 4.72 Å². The van der Waals surface area contributed by atoms with Crippen molar-refractivity contribution in [2.24, 2.45) is 0 Å². The molecule has 6 nitrogen and oxygen atoms in total. The summed E-state index contributed by atoms with van der Waals surface area (Å²) in [5.74, 6) is -0.965. The Kier molecular flexibility index (Phi) is 5.38. The zero-order valence-corrected chi connectivity index (χ0v) is 13.5. The summed E-state index contributed by atoms with van der Waals surface area (Å²) in [6.07, 6.45) is -3.24. The minimum Gasteiger partial charge on any atom is -0.456 e. The van der Waals surface area contributed by atoms with E-state index in [1.807, 2.05) is 4.72 Å². The number of rotatable bonds is 4. The highest BCUT2D eigenvalue weighted by Crippen LogP contribution is 2.32. The van der Waals surface area contributed by atoms with Gasteiger partial charge in [-0.1, -0.05) is 0 Å². The van der Waals surface area contributed by atoms with E-state index in [0.29, 0.717) is 31.6 Å². The molecule has 0 amide bonds. The highest BCUT2D eigenvalue weighted by Gasteiger charge is 2.32. The van der Waals surface area contributed by atoms with Crippen LogP contribution in [0.3, 0.4) is 0 Å². The first-order chi connectivity index (χ1) is 11.0. The fraction of sp³-hybridized carbons (Fsp3) is 0.500. The van der Waals surface area contributed by atoms with Crippen molar-refractivity contribution in [3.63, 3.8) is 0 Å². The predicted octanol–water partition coefficient (Wildman–Crippen LogP) is 2.41. The highest BCUT2D eigenvalue weighted by atomic mass is 32.2. The summed E-state index contributed by atoms with van der Waals surface area (Å²) in [6, 6.07) is 2.24. The van der Waals surface area contributed by atoms with E-state index in [-0.39, 0.29) is 17.9 Å². The average molecular weight is 367 g/mol. The van der Waals surface area contributed by atoms with Gasteiger partial charge in [0.2, 0.25) is 10.0 Å². The summed E-state index contributed by atoms with van der Waals surface area (Å²) in [5.41, 5.74) is -1.90. The normalized spacial score (nSPS) is 18.9. The van der Waals surface area contributed by atoms with Gasteiger partial charge in [0.05, 0.1) is 24.0 Å². The van der Waals surface area contributed by atoms with Crippen molar-refractivity contribution in [2.75, 3.05) is 24.2 Å². The number of carbonyl (C=O) groups is 1. The van der Waals surface area contributed by atoms with Crippen LogP contribution >= 0.6 is 0 Å². The molecule has 0 spiro atoms. The predicted molar refractivity (Wildman–Crippen MR) is 79.2 cm³/mol. The zero-order valence-electron chi connectivity index (χ0n) is 12.7. The number of sulfonamides is 1. The van der Waals surface area contributed by atoms with Crippen LogP contribution in [0.1, 0.15) is 28.8 Å². The molecular weight excluding hydrogens is 351 g/mol. The van der Waals surface area contributed by atoms with E-state index in [1.54, 1.807) is 0 Å². The molecule has 1 heterocycles. The topological polar surface area (TPSA) is 81.7 Å². The summed E-state index contributed by atoms with van der Waals surface area (Å²) in [6.45, 7) is 0.721. The van der Waals surface area contributed by atoms with Gasteiger partial charge in [-0.2, -0.15) is 13.2 Å². The molecule has 0 saturated carbocycles. The molecule has 0 aromatic heterocycles. The smallest absolute Gasteiger partial charge is 0.416 e. The lowest BCUT2D eigenvalue weighted by Gasteiger charge is -2.22. The Morgan fingerprint density at radius 1 is 1.33 bits per heavy atom. The van der Waals surface area contributed by atoms with Crippen molar-refractivity contribution in [3.8, 4) is 0 Å². The van der Waals surface area contributed by atoms with Crippen molar-refractivity contribution in [2.45, 2.75) is 25.1 Å². The van der Waals surface area contributed by atoms with Gasteiger partial charge in [-0.05, 0) is 31.0 Å². The molecule has 2 rings (SSSR count). The molecule has 1 unspecified atom stereocenters. The van der Waals surface area contributed by atoms with Crippen LogP contribution in [0.15, 0.2) is 18.2 Å². The molecule has 24 heavy (non-hydrogen) atoms. The summed E-state index contributed by atoms with van der Waals surface area (Å²) >= 11 is 0. The fourth-order valence-electron chi connectivity index (χ4n) is 2.21. The number of alkyl halides is 3. The Hall–Kier alpha value is -1.81. The molecule has 0 aliphatic carbocycles. The molecular formula is C14H16F3NO5S. The minimum atomic E-state index is -4.74. The van der Waals surface area contributed by atoms with Gasteiger partial charge in [-0.25, -0.2) is 13.2 Å². The molecule has 1 aliphatic heterocycles. The first-order valence-corrected chi connectivity index (χ1v) is 8.92. The molecule has 134 valence electrons. The van der Waals surface area contributed by atoms with Gasteiger partial charge in [-0.15, -0.1) is 0 Å². The number of hydrogen-bond donors (Lipinski definition) is 1. The van der Waals surface area contributed by atoms with Gasteiger partial charge in [0.25, 0.3) is 0 Å². The Morgan fingerprint density at radius 2 is 2.04 bits per heavy atom. The first kappa shape index (κ1) is 18.5. The molecule has 1 atom stereocenters. The van der Waals surface area contributed by atoms with Gasteiger partial charge in [-0.3, -0.25) is 4.72 Å². The van der Waals surface area contributed by atoms with Crippen molar-refractivity contribution < 1.29 is 35.9 Å². The first-order valence-electron chi connectivity index (χ1n) is 7.03. The van der Waals surface area contributed by atoms with Crippen LogP contribution in [0.4, 0.5) is 18.9 Å². The summed E-state index contributed by atoms with van der Waals surface area (Å²) in [4.78, 5) is 12.1. The molecule has 1 saturated heterocycles. The summed E-state index contributed by atoms with van der Waals surface area (Å²) in [5, 5.41) is 0. The number of benzene rings is 1. The molecule has 0 radical (unpaired) electrons. The Balaban J connectivity index is 2.29. The number of halogens is 3. The zero-order chi connectivity index (χ0) is 18.0. The third-order valence-electron chi connectivity index (χ3n) is 3.19. The van der Waals surface area contributed by atoms with E-state index in [0.717, 1.165) is 12.3 Å². The van der Waals surface area contributed by atoms with Crippen LogP contribution in [0.5, 0.6) is 0 Å². The average Bonchev–Trinajstić information content (AvgIpc) is 2.45. The van der Waals surface area contributed by atoms with Crippen molar-refractivity contribution in [3.05, 3.63) is 29.3 Å². The maximum absolute atomic E-state index is 13.0. The van der Waals surface area contributed by atoms with Crippen LogP contribution in [-0.2, 0) is 25.7 Å². The monoisotopic (exact) mass is 367 g/mol. The van der Waals surface area contributed by atoms with E-state index >= 15 is 0 Å². The molecule has 10 heteroatoms. The van der Waals surface area contributed by atoms with Crippen molar-refractivity contribution in [1.82, 2.24) is 0 Å². The molecule has 1 aromatic rings. The van der Waals surface area contributed by atoms with Gasteiger partial charge < -0.3 is 9.47 Å². The van der Waals surface area contributed by atoms with Gasteiger partial charge in [0.1, 0.15) is 6.10 Å². The minimum absolute atomic E-state index is 0.180. The molecule has 1 aromatic carbocycles. The number of ether oxygens (including phenoxy) is 2. The molecule has 1 aliphatic rings. The van der Waals surface area contributed by atoms with E-state index in [1.165, 1.54) is 0 Å². The number of esters is 1. The van der Waals surface area contributed by atoms with Crippen molar-refractivity contribution >= 4 is 21.7 Å². The Labute approximate surface area is 137 Å². The lowest BCUT2D eigenvalue weighted by atomic mass is 10.1. The van der Waals surface area contributed by atoms with E-state index in [2.05, 4.69) is 0 Å². The van der Waals surface area contributed by atoms with Gasteiger partial charge >= 0.3 is 12.1 Å². The number of nitrogens with one attached hydrogen (secondary N) is 1. The van der Waals surface area contributed by atoms with Gasteiger partial charge in [0.15, 0.2) is 0 Å². The SMILES string of the molecule is CS(=O)(=O)Nc1cc(C(=O)OC2CCCOC2)cc(C(F)(F)F)c1. The standard InChI is InChI=1S/C14H16F3NO5S/c1-24(20,21)18-11-6-9(5-10(7-11)14(15,16)17)13(19)23-12-3-2-4-22-8-12/h5-7,12,18H,2-4,8H2,1H3. The van der Waals surface area contributed by atoms with Gasteiger partial charge in [0, 0.05) is 12.3 Å². The van der Waals surface area contributed by atoms with Crippen LogP contribution in [-0.4, -0.2) is 40.0 Å². The quantitative estimate of drug-likeness (QED) is 0.827. The summed E-state index contributed by atoms with van der Waals surface area (Å²) in [7, 11) is -3.80. The van der Waals surface area contributed by atoms with E-state index in [9.17, 15) is 26.4 Å². The lowest BCUT2D eigenvalue weighted by Crippen LogP contribution is -2.28. The van der Waals surface area contributed by atoms with Crippen LogP contribution in [0.25, 0.3) is 0 Å². The van der Waals surface area contributed by atoms with Crippen molar-refractivity contribution in [1.29, 1.82) is 0 Å². The van der Waals surface area contributed by atoms with Crippen LogP contribution in [0.2, 0.25) is 0 Å². The maximum Gasteiger partial charge on any atom is 0.416 e. The second-order valence-corrected chi connectivity index (χ2v) is 7.16. The Morgan fingerprint density at radius 3 is 2.58 bits per heavy atom. The largest absolute Gasteiger partial charge is 0.456 e. The number of anilines is 1. The van der Waals surface area contributed by atoms with Crippen LogP contribution in [0, 0.1) is 0 Å². The Bertz CT molecular complexity index is 712. The second kappa shape index (κ2) is 6.98. The van der Waals surface area contributed by atoms with E-state index < -0.39 is 33.8 Å². The second-order valence-electron chi connectivity index (χ2n) is 5.42. The summed E-state index contributed by atoms with van der Waals surface area (Å²) < 4.78 is 73.5. The fourth-order valence-corrected chi connectivity index (χ4v) is 2.75. The molecule has 1 fully saturated rings. The number of carbonyl (C=O) groups excluding carboxylic acids is 1. The molecule has 1 N–H and O–H groups in total. The third-order valence-corrected chi connectivity index (χ3v) is 3.80. The lowest BCUT2D eigenvalue weighted by molar-refractivity contribution is -0.137.